The summed E-state index contributed by atoms with van der Waals surface area (Å²) in [6, 6.07) is 2.66. The Hall–Kier alpha value is -0.870. The predicted molar refractivity (Wildman–Crippen MR) is 74.9 cm³/mol. The van der Waals surface area contributed by atoms with Gasteiger partial charge in [0.05, 0.1) is 5.69 Å². The molecular formula is C14H27N3O. The van der Waals surface area contributed by atoms with E-state index in [-0.39, 0.29) is 0 Å². The third kappa shape index (κ3) is 4.78. The van der Waals surface area contributed by atoms with E-state index in [1.165, 1.54) is 5.69 Å². The van der Waals surface area contributed by atoms with Crippen LogP contribution in [0.2, 0.25) is 0 Å². The summed E-state index contributed by atoms with van der Waals surface area (Å²) in [5.41, 5.74) is 2.42. The highest BCUT2D eigenvalue weighted by Crippen LogP contribution is 2.09. The van der Waals surface area contributed by atoms with Crippen molar-refractivity contribution in [3.05, 3.63) is 17.5 Å². The molecule has 0 aromatic carbocycles. The molecule has 0 saturated carbocycles. The van der Waals surface area contributed by atoms with Crippen molar-refractivity contribution in [2.24, 2.45) is 0 Å². The van der Waals surface area contributed by atoms with Gasteiger partial charge in [0.25, 0.3) is 0 Å². The molecule has 4 heteroatoms. The Morgan fingerprint density at radius 1 is 1.39 bits per heavy atom. The van der Waals surface area contributed by atoms with E-state index in [4.69, 9.17) is 4.74 Å². The number of nitrogens with zero attached hydrogens (tertiary/aromatic N) is 2. The minimum Gasteiger partial charge on any atom is -0.382 e. The van der Waals surface area contributed by atoms with Crippen molar-refractivity contribution >= 4 is 0 Å². The minimum absolute atomic E-state index is 0.475. The van der Waals surface area contributed by atoms with Crippen LogP contribution in [0, 0.1) is 6.92 Å². The molecule has 1 heterocycles. The number of aryl methyl sites for hydroxylation is 2. The normalized spacial score (nSPS) is 12.9. The topological polar surface area (TPSA) is 39.1 Å². The molecule has 0 aliphatic carbocycles. The van der Waals surface area contributed by atoms with Gasteiger partial charge >= 0.3 is 0 Å². The summed E-state index contributed by atoms with van der Waals surface area (Å²) in [6.07, 6.45) is 2.07. The Morgan fingerprint density at radius 2 is 2.17 bits per heavy atom. The fourth-order valence-corrected chi connectivity index (χ4v) is 2.22. The molecule has 1 aromatic heterocycles. The second kappa shape index (κ2) is 8.27. The average Bonchev–Trinajstić information content (AvgIpc) is 2.70. The lowest BCUT2D eigenvalue weighted by molar-refractivity contribution is 0.136. The standard InChI is InChI=1S/C14H27N3O/c1-5-15-13(8-9-18-7-3)11-14-10-12(4)16-17(14)6-2/h10,13,15H,5-9,11H2,1-4H3. The molecule has 1 unspecified atom stereocenters. The van der Waals surface area contributed by atoms with Gasteiger partial charge in [-0.2, -0.15) is 5.10 Å². The van der Waals surface area contributed by atoms with Gasteiger partial charge in [-0.3, -0.25) is 4.68 Å². The van der Waals surface area contributed by atoms with Crippen LogP contribution in [0.15, 0.2) is 6.07 Å². The van der Waals surface area contributed by atoms with Crippen molar-refractivity contribution in [3.63, 3.8) is 0 Å². The fourth-order valence-electron chi connectivity index (χ4n) is 2.22. The van der Waals surface area contributed by atoms with E-state index in [1.807, 2.05) is 6.92 Å². The number of ether oxygens (including phenoxy) is 1. The third-order valence-electron chi connectivity index (χ3n) is 3.05. The monoisotopic (exact) mass is 253 g/mol. The molecule has 1 N–H and O–H groups in total. The first kappa shape index (κ1) is 15.2. The lowest BCUT2D eigenvalue weighted by Gasteiger charge is -2.18. The summed E-state index contributed by atoms with van der Waals surface area (Å²) >= 11 is 0. The summed E-state index contributed by atoms with van der Waals surface area (Å²) in [4.78, 5) is 0. The largest absolute Gasteiger partial charge is 0.382 e. The van der Waals surface area contributed by atoms with Crippen LogP contribution in [-0.2, 0) is 17.7 Å². The van der Waals surface area contributed by atoms with Crippen molar-refractivity contribution in [1.82, 2.24) is 15.1 Å². The Morgan fingerprint density at radius 3 is 2.78 bits per heavy atom. The van der Waals surface area contributed by atoms with Crippen molar-refractivity contribution in [1.29, 1.82) is 0 Å². The van der Waals surface area contributed by atoms with Gasteiger partial charge < -0.3 is 10.1 Å². The first-order chi connectivity index (χ1) is 8.71. The third-order valence-corrected chi connectivity index (χ3v) is 3.05. The molecule has 0 amide bonds. The fraction of sp³-hybridized carbons (Fsp3) is 0.786. The SMILES string of the molecule is CCNC(CCOCC)Cc1cc(C)nn1CC. The van der Waals surface area contributed by atoms with Crippen LogP contribution < -0.4 is 5.32 Å². The van der Waals surface area contributed by atoms with Gasteiger partial charge in [-0.05, 0) is 39.8 Å². The Labute approximate surface area is 111 Å². The van der Waals surface area contributed by atoms with Crippen molar-refractivity contribution < 1.29 is 4.74 Å². The van der Waals surface area contributed by atoms with Crippen LogP contribution in [0.25, 0.3) is 0 Å². The molecule has 1 rings (SSSR count). The summed E-state index contributed by atoms with van der Waals surface area (Å²) < 4.78 is 7.54. The van der Waals surface area contributed by atoms with Crippen molar-refractivity contribution in [3.8, 4) is 0 Å². The summed E-state index contributed by atoms with van der Waals surface area (Å²) in [6.45, 7) is 11.9. The molecule has 18 heavy (non-hydrogen) atoms. The van der Waals surface area contributed by atoms with E-state index in [1.54, 1.807) is 0 Å². The van der Waals surface area contributed by atoms with Crippen LogP contribution >= 0.6 is 0 Å². The minimum atomic E-state index is 0.475. The Bertz CT molecular complexity index is 336. The van der Waals surface area contributed by atoms with Crippen LogP contribution in [0.5, 0.6) is 0 Å². The first-order valence-corrected chi connectivity index (χ1v) is 7.05. The van der Waals surface area contributed by atoms with Gasteiger partial charge in [-0.1, -0.05) is 6.92 Å². The molecule has 0 radical (unpaired) electrons. The quantitative estimate of drug-likeness (QED) is 0.685. The van der Waals surface area contributed by atoms with E-state index < -0.39 is 0 Å². The number of hydrogen-bond acceptors (Lipinski definition) is 3. The maximum absolute atomic E-state index is 5.45. The van der Waals surface area contributed by atoms with E-state index >= 15 is 0 Å². The molecular weight excluding hydrogens is 226 g/mol. The smallest absolute Gasteiger partial charge is 0.0596 e. The van der Waals surface area contributed by atoms with Crippen molar-refractivity contribution in [2.45, 2.75) is 53.1 Å². The van der Waals surface area contributed by atoms with Crippen molar-refractivity contribution in [2.75, 3.05) is 19.8 Å². The molecule has 104 valence electrons. The number of rotatable bonds is 9. The van der Waals surface area contributed by atoms with Gasteiger partial charge in [0.1, 0.15) is 0 Å². The highest BCUT2D eigenvalue weighted by molar-refractivity contribution is 5.10. The molecule has 0 spiro atoms. The Kier molecular flexibility index (Phi) is 6.98. The highest BCUT2D eigenvalue weighted by atomic mass is 16.5. The van der Waals surface area contributed by atoms with Crippen LogP contribution in [0.3, 0.4) is 0 Å². The maximum Gasteiger partial charge on any atom is 0.0596 e. The van der Waals surface area contributed by atoms with Crippen LogP contribution in [-0.4, -0.2) is 35.6 Å². The van der Waals surface area contributed by atoms with Gasteiger partial charge in [-0.25, -0.2) is 0 Å². The van der Waals surface area contributed by atoms with E-state index in [9.17, 15) is 0 Å². The van der Waals surface area contributed by atoms with E-state index in [0.717, 1.165) is 44.8 Å². The second-order valence-electron chi connectivity index (χ2n) is 4.54. The number of nitrogens with one attached hydrogen (secondary N) is 1. The zero-order valence-corrected chi connectivity index (χ0v) is 12.2. The van der Waals surface area contributed by atoms with Gasteiger partial charge in [-0.15, -0.1) is 0 Å². The average molecular weight is 253 g/mol. The highest BCUT2D eigenvalue weighted by Gasteiger charge is 2.12. The Balaban J connectivity index is 2.57. The maximum atomic E-state index is 5.45. The van der Waals surface area contributed by atoms with E-state index in [2.05, 4.69) is 41.9 Å². The lowest BCUT2D eigenvalue weighted by atomic mass is 10.1. The molecule has 1 aromatic rings. The first-order valence-electron chi connectivity index (χ1n) is 7.05. The van der Waals surface area contributed by atoms with Crippen LogP contribution in [0.1, 0.15) is 38.6 Å². The summed E-state index contributed by atoms with van der Waals surface area (Å²) in [7, 11) is 0. The molecule has 0 fully saturated rings. The van der Waals surface area contributed by atoms with Crippen LogP contribution in [0.4, 0.5) is 0 Å². The van der Waals surface area contributed by atoms with Gasteiger partial charge in [0, 0.05) is 37.9 Å². The number of hydrogen-bond donors (Lipinski definition) is 1. The predicted octanol–water partition coefficient (Wildman–Crippen LogP) is 2.16. The molecule has 0 saturated heterocycles. The van der Waals surface area contributed by atoms with Gasteiger partial charge in [0.15, 0.2) is 0 Å². The summed E-state index contributed by atoms with van der Waals surface area (Å²) in [5, 5.41) is 8.03. The summed E-state index contributed by atoms with van der Waals surface area (Å²) in [5.74, 6) is 0. The molecule has 0 aliphatic rings. The van der Waals surface area contributed by atoms with E-state index in [0.29, 0.717) is 6.04 Å². The second-order valence-corrected chi connectivity index (χ2v) is 4.54. The molecule has 4 nitrogen and oxygen atoms in total. The molecule has 1 atom stereocenters. The van der Waals surface area contributed by atoms with Gasteiger partial charge in [0.2, 0.25) is 0 Å². The zero-order chi connectivity index (χ0) is 13.4. The molecule has 0 aliphatic heterocycles. The zero-order valence-electron chi connectivity index (χ0n) is 12.2. The number of aromatic nitrogens is 2. The lowest BCUT2D eigenvalue weighted by Crippen LogP contribution is -2.33. The number of likely N-dealkylation sites (N-methyl/N-ethyl adjacent to an activating group) is 1. The molecule has 0 bridgehead atoms.